The molecule has 0 saturated heterocycles. The van der Waals surface area contributed by atoms with E-state index in [0.717, 1.165) is 35.9 Å². The Labute approximate surface area is 126 Å². The van der Waals surface area contributed by atoms with Crippen molar-refractivity contribution >= 4 is 33.2 Å². The van der Waals surface area contributed by atoms with Gasteiger partial charge < -0.3 is 10.4 Å². The smallest absolute Gasteiger partial charge is 0.220 e. The third-order valence-electron chi connectivity index (χ3n) is 3.70. The third kappa shape index (κ3) is 4.58. The lowest BCUT2D eigenvalue weighted by molar-refractivity contribution is -0.122. The van der Waals surface area contributed by atoms with Gasteiger partial charge >= 0.3 is 0 Å². The van der Waals surface area contributed by atoms with Crippen LogP contribution in [0.1, 0.15) is 37.0 Å². The Kier molecular flexibility index (Phi) is 5.85. The quantitative estimate of drug-likeness (QED) is 0.832. The number of nitrogens with one attached hydrogen (secondary N) is 1. The van der Waals surface area contributed by atoms with Crippen LogP contribution in [0.15, 0.2) is 15.9 Å². The highest BCUT2D eigenvalue weighted by Gasteiger charge is 2.27. The monoisotopic (exact) mass is 345 g/mol. The number of thiophene rings is 1. The molecule has 0 aliphatic heterocycles. The van der Waals surface area contributed by atoms with Gasteiger partial charge in [-0.05, 0) is 53.7 Å². The van der Waals surface area contributed by atoms with Crippen molar-refractivity contribution in [1.29, 1.82) is 0 Å². The number of halogens is 1. The van der Waals surface area contributed by atoms with Crippen molar-refractivity contribution in [2.45, 2.75) is 44.6 Å². The highest BCUT2D eigenvalue weighted by Crippen LogP contribution is 2.25. The predicted octanol–water partition coefficient (Wildman–Crippen LogP) is 3.11. The fraction of sp³-hybridized carbons (Fsp3) is 0.643. The normalized spacial score (nSPS) is 22.6. The molecule has 1 heterocycles. The Balaban J connectivity index is 1.67. The molecule has 2 unspecified atom stereocenters. The minimum Gasteiger partial charge on any atom is -0.396 e. The molecule has 1 amide bonds. The molecule has 0 aromatic carbocycles. The molecule has 5 heteroatoms. The van der Waals surface area contributed by atoms with Crippen LogP contribution in [0, 0.1) is 5.92 Å². The number of aliphatic hydroxyl groups excluding tert-OH is 1. The third-order valence-corrected chi connectivity index (χ3v) is 5.38. The van der Waals surface area contributed by atoms with E-state index in [1.54, 1.807) is 11.3 Å². The predicted molar refractivity (Wildman–Crippen MR) is 81.3 cm³/mol. The summed E-state index contributed by atoms with van der Waals surface area (Å²) in [6.45, 7) is 0.189. The van der Waals surface area contributed by atoms with Crippen LogP contribution >= 0.6 is 27.3 Å². The van der Waals surface area contributed by atoms with Crippen LogP contribution < -0.4 is 5.32 Å². The minimum atomic E-state index is 0.126. The van der Waals surface area contributed by atoms with E-state index < -0.39 is 0 Å². The van der Waals surface area contributed by atoms with Crippen LogP contribution in [-0.2, 0) is 11.2 Å². The van der Waals surface area contributed by atoms with Crippen LogP contribution in [-0.4, -0.2) is 23.7 Å². The van der Waals surface area contributed by atoms with Gasteiger partial charge in [-0.3, -0.25) is 4.79 Å². The number of aliphatic hydroxyl groups is 1. The van der Waals surface area contributed by atoms with Gasteiger partial charge in [0.1, 0.15) is 0 Å². The molecular formula is C14H20BrNO2S. The summed E-state index contributed by atoms with van der Waals surface area (Å²) in [5.74, 6) is 0.387. The van der Waals surface area contributed by atoms with E-state index in [2.05, 4.69) is 27.3 Å². The molecule has 2 atom stereocenters. The van der Waals surface area contributed by atoms with Gasteiger partial charge in [0, 0.05) is 29.9 Å². The van der Waals surface area contributed by atoms with Crippen molar-refractivity contribution in [1.82, 2.24) is 5.32 Å². The number of rotatable bonds is 6. The van der Waals surface area contributed by atoms with Gasteiger partial charge in [-0.15, -0.1) is 11.3 Å². The van der Waals surface area contributed by atoms with Crippen molar-refractivity contribution in [3.05, 3.63) is 20.8 Å². The maximum absolute atomic E-state index is 11.9. The summed E-state index contributed by atoms with van der Waals surface area (Å²) in [6.07, 6.45) is 5.57. The highest BCUT2D eigenvalue weighted by molar-refractivity contribution is 9.11. The summed E-state index contributed by atoms with van der Waals surface area (Å²) in [7, 11) is 0. The molecule has 0 bridgehead atoms. The Morgan fingerprint density at radius 2 is 2.32 bits per heavy atom. The van der Waals surface area contributed by atoms with Gasteiger partial charge in [0.25, 0.3) is 0 Å². The van der Waals surface area contributed by atoms with Gasteiger partial charge in [-0.2, -0.15) is 0 Å². The van der Waals surface area contributed by atoms with Crippen molar-refractivity contribution in [3.8, 4) is 0 Å². The van der Waals surface area contributed by atoms with Gasteiger partial charge in [0.15, 0.2) is 0 Å². The molecular weight excluding hydrogens is 326 g/mol. The molecule has 3 nitrogen and oxygen atoms in total. The maximum Gasteiger partial charge on any atom is 0.220 e. The summed E-state index contributed by atoms with van der Waals surface area (Å²) >= 11 is 5.17. The standard InChI is InChI=1S/C14H20BrNO2S/c15-13-8-7-11(19-13)4-2-6-14(18)16-12-5-1-3-10(12)9-17/h7-8,10,12,17H,1-6,9H2,(H,16,18). The Morgan fingerprint density at radius 3 is 3.00 bits per heavy atom. The second-order valence-electron chi connectivity index (χ2n) is 5.11. The average Bonchev–Trinajstić information content (AvgIpc) is 2.98. The molecule has 1 aliphatic rings. The zero-order valence-corrected chi connectivity index (χ0v) is 13.3. The molecule has 1 fully saturated rings. The molecule has 19 heavy (non-hydrogen) atoms. The fourth-order valence-corrected chi connectivity index (χ4v) is 4.16. The van der Waals surface area contributed by atoms with Crippen molar-refractivity contribution in [2.75, 3.05) is 6.61 Å². The molecule has 0 spiro atoms. The first-order valence-electron chi connectivity index (χ1n) is 6.83. The highest BCUT2D eigenvalue weighted by atomic mass is 79.9. The summed E-state index contributed by atoms with van der Waals surface area (Å²) in [6, 6.07) is 4.34. The number of carbonyl (C=O) groups excluding carboxylic acids is 1. The molecule has 0 radical (unpaired) electrons. The van der Waals surface area contributed by atoms with Crippen molar-refractivity contribution in [3.63, 3.8) is 0 Å². The summed E-state index contributed by atoms with van der Waals surface area (Å²) in [4.78, 5) is 13.2. The Hall–Kier alpha value is -0.390. The second-order valence-corrected chi connectivity index (χ2v) is 7.65. The number of aryl methyl sites for hydroxylation is 1. The van der Waals surface area contributed by atoms with E-state index in [1.807, 2.05) is 6.07 Å². The Bertz CT molecular complexity index is 421. The number of hydrogen-bond donors (Lipinski definition) is 2. The molecule has 1 saturated carbocycles. The first-order chi connectivity index (χ1) is 9.19. The molecule has 1 aromatic rings. The van der Waals surface area contributed by atoms with Crippen LogP contribution in [0.4, 0.5) is 0 Å². The van der Waals surface area contributed by atoms with E-state index in [0.29, 0.717) is 6.42 Å². The van der Waals surface area contributed by atoms with Gasteiger partial charge in [-0.1, -0.05) is 6.42 Å². The molecule has 2 N–H and O–H groups in total. The summed E-state index contributed by atoms with van der Waals surface area (Å²) < 4.78 is 1.14. The summed E-state index contributed by atoms with van der Waals surface area (Å²) in [5.41, 5.74) is 0. The molecule has 106 valence electrons. The SMILES string of the molecule is O=C(CCCc1ccc(Br)s1)NC1CCCC1CO. The van der Waals surface area contributed by atoms with Crippen LogP contribution in [0.5, 0.6) is 0 Å². The fourth-order valence-electron chi connectivity index (χ4n) is 2.63. The zero-order valence-electron chi connectivity index (χ0n) is 10.9. The van der Waals surface area contributed by atoms with Gasteiger partial charge in [0.05, 0.1) is 3.79 Å². The van der Waals surface area contributed by atoms with E-state index in [1.165, 1.54) is 4.88 Å². The minimum absolute atomic E-state index is 0.126. The lowest BCUT2D eigenvalue weighted by Crippen LogP contribution is -2.38. The number of amides is 1. The van der Waals surface area contributed by atoms with Gasteiger partial charge in [0.2, 0.25) is 5.91 Å². The molecule has 1 aromatic heterocycles. The largest absolute Gasteiger partial charge is 0.396 e. The topological polar surface area (TPSA) is 49.3 Å². The first-order valence-corrected chi connectivity index (χ1v) is 8.44. The first kappa shape index (κ1) is 15.0. The van der Waals surface area contributed by atoms with Crippen molar-refractivity contribution in [2.24, 2.45) is 5.92 Å². The summed E-state index contributed by atoms with van der Waals surface area (Å²) in [5, 5.41) is 12.3. The van der Waals surface area contributed by atoms with E-state index in [-0.39, 0.29) is 24.5 Å². The number of hydrogen-bond acceptors (Lipinski definition) is 3. The Morgan fingerprint density at radius 1 is 1.47 bits per heavy atom. The van der Waals surface area contributed by atoms with E-state index >= 15 is 0 Å². The van der Waals surface area contributed by atoms with Gasteiger partial charge in [-0.25, -0.2) is 0 Å². The molecule has 1 aliphatic carbocycles. The molecule has 2 rings (SSSR count). The van der Waals surface area contributed by atoms with E-state index in [9.17, 15) is 9.90 Å². The second kappa shape index (κ2) is 7.41. The van der Waals surface area contributed by atoms with E-state index in [4.69, 9.17) is 0 Å². The lowest BCUT2D eigenvalue weighted by atomic mass is 10.0. The average molecular weight is 346 g/mol. The van der Waals surface area contributed by atoms with Crippen molar-refractivity contribution < 1.29 is 9.90 Å². The maximum atomic E-state index is 11.9. The van der Waals surface area contributed by atoms with Crippen LogP contribution in [0.3, 0.4) is 0 Å². The van der Waals surface area contributed by atoms with Crippen LogP contribution in [0.25, 0.3) is 0 Å². The number of carbonyl (C=O) groups is 1. The zero-order chi connectivity index (χ0) is 13.7. The van der Waals surface area contributed by atoms with Crippen LogP contribution in [0.2, 0.25) is 0 Å². The lowest BCUT2D eigenvalue weighted by Gasteiger charge is -2.18.